The van der Waals surface area contributed by atoms with Crippen molar-refractivity contribution >= 4 is 5.91 Å². The molecule has 0 fully saturated rings. The zero-order valence-electron chi connectivity index (χ0n) is 7.44. The third kappa shape index (κ3) is 1.64. The van der Waals surface area contributed by atoms with Crippen molar-refractivity contribution in [3.05, 3.63) is 18.4 Å². The van der Waals surface area contributed by atoms with Crippen molar-refractivity contribution in [3.8, 4) is 0 Å². The molecule has 1 atom stereocenters. The van der Waals surface area contributed by atoms with Crippen molar-refractivity contribution in [1.29, 1.82) is 0 Å². The summed E-state index contributed by atoms with van der Waals surface area (Å²) in [5.74, 6) is 0.563. The van der Waals surface area contributed by atoms with E-state index in [-0.39, 0.29) is 11.9 Å². The molecule has 0 aliphatic rings. The fourth-order valence-corrected chi connectivity index (χ4v) is 0.879. The SMILES string of the molecule is CC(=O)N(C)C(C)c1ncco1. The lowest BCUT2D eigenvalue weighted by Gasteiger charge is -2.20. The Labute approximate surface area is 71.2 Å². The van der Waals surface area contributed by atoms with Crippen molar-refractivity contribution in [3.63, 3.8) is 0 Å². The Bertz CT molecular complexity index is 256. The summed E-state index contributed by atoms with van der Waals surface area (Å²) in [6.45, 7) is 3.38. The molecule has 4 heteroatoms. The molecule has 4 nitrogen and oxygen atoms in total. The Kier molecular flexibility index (Phi) is 2.47. The topological polar surface area (TPSA) is 46.3 Å². The van der Waals surface area contributed by atoms with Crippen LogP contribution >= 0.6 is 0 Å². The number of rotatable bonds is 2. The van der Waals surface area contributed by atoms with Crippen LogP contribution in [0.25, 0.3) is 0 Å². The van der Waals surface area contributed by atoms with Gasteiger partial charge in [0.15, 0.2) is 0 Å². The fraction of sp³-hybridized carbons (Fsp3) is 0.500. The quantitative estimate of drug-likeness (QED) is 0.666. The number of nitrogens with zero attached hydrogens (tertiary/aromatic N) is 2. The van der Waals surface area contributed by atoms with Crippen LogP contribution in [0.3, 0.4) is 0 Å². The summed E-state index contributed by atoms with van der Waals surface area (Å²) in [7, 11) is 1.72. The van der Waals surface area contributed by atoms with E-state index in [1.165, 1.54) is 13.2 Å². The first kappa shape index (κ1) is 8.77. The first-order valence-electron chi connectivity index (χ1n) is 3.75. The van der Waals surface area contributed by atoms with E-state index in [9.17, 15) is 4.79 Å². The predicted octanol–water partition coefficient (Wildman–Crippen LogP) is 1.21. The van der Waals surface area contributed by atoms with Crippen LogP contribution in [0, 0.1) is 0 Å². The lowest BCUT2D eigenvalue weighted by Crippen LogP contribution is -2.27. The zero-order valence-corrected chi connectivity index (χ0v) is 7.44. The maximum atomic E-state index is 10.9. The Morgan fingerprint density at radius 3 is 2.83 bits per heavy atom. The number of carbonyl (C=O) groups is 1. The monoisotopic (exact) mass is 168 g/mol. The van der Waals surface area contributed by atoms with Crippen LogP contribution in [0.2, 0.25) is 0 Å². The van der Waals surface area contributed by atoms with Gasteiger partial charge in [0.2, 0.25) is 11.8 Å². The minimum absolute atomic E-state index is 0.000648. The number of oxazole rings is 1. The van der Waals surface area contributed by atoms with Gasteiger partial charge in [-0.15, -0.1) is 0 Å². The highest BCUT2D eigenvalue weighted by molar-refractivity contribution is 5.73. The van der Waals surface area contributed by atoms with E-state index in [1.54, 1.807) is 18.1 Å². The number of aromatic nitrogens is 1. The Morgan fingerprint density at radius 1 is 1.75 bits per heavy atom. The molecule has 0 radical (unpaired) electrons. The number of carbonyl (C=O) groups excluding carboxylic acids is 1. The molecule has 1 unspecified atom stereocenters. The summed E-state index contributed by atoms with van der Waals surface area (Å²) in [6.07, 6.45) is 3.07. The Morgan fingerprint density at radius 2 is 2.42 bits per heavy atom. The van der Waals surface area contributed by atoms with Gasteiger partial charge >= 0.3 is 0 Å². The fourth-order valence-electron chi connectivity index (χ4n) is 0.879. The molecule has 1 aromatic heterocycles. The molecule has 1 amide bonds. The number of hydrogen-bond acceptors (Lipinski definition) is 3. The lowest BCUT2D eigenvalue weighted by atomic mass is 10.3. The van der Waals surface area contributed by atoms with E-state index in [4.69, 9.17) is 4.42 Å². The van der Waals surface area contributed by atoms with Crippen LogP contribution in [-0.2, 0) is 4.79 Å². The molecule has 0 aliphatic heterocycles. The van der Waals surface area contributed by atoms with Crippen LogP contribution in [0.5, 0.6) is 0 Å². The minimum Gasteiger partial charge on any atom is -0.447 e. The van der Waals surface area contributed by atoms with Crippen molar-refractivity contribution in [1.82, 2.24) is 9.88 Å². The van der Waals surface area contributed by atoms with Gasteiger partial charge in [-0.25, -0.2) is 4.98 Å². The van der Waals surface area contributed by atoms with Crippen LogP contribution in [0.1, 0.15) is 25.8 Å². The molecule has 1 heterocycles. The highest BCUT2D eigenvalue weighted by atomic mass is 16.3. The first-order valence-corrected chi connectivity index (χ1v) is 3.75. The molecule has 0 bridgehead atoms. The zero-order chi connectivity index (χ0) is 9.14. The highest BCUT2D eigenvalue weighted by Gasteiger charge is 2.17. The largest absolute Gasteiger partial charge is 0.447 e. The summed E-state index contributed by atoms with van der Waals surface area (Å²) < 4.78 is 5.06. The lowest BCUT2D eigenvalue weighted by molar-refractivity contribution is -0.129. The molecule has 1 rings (SSSR count). The van der Waals surface area contributed by atoms with E-state index < -0.39 is 0 Å². The Hall–Kier alpha value is -1.32. The molecule has 66 valence electrons. The molecular formula is C8H12N2O2. The molecule has 0 spiro atoms. The molecule has 0 saturated heterocycles. The van der Waals surface area contributed by atoms with E-state index in [2.05, 4.69) is 4.98 Å². The van der Waals surface area contributed by atoms with Gasteiger partial charge in [0.05, 0.1) is 6.20 Å². The van der Waals surface area contributed by atoms with Gasteiger partial charge in [0.25, 0.3) is 0 Å². The standard InChI is InChI=1S/C8H12N2O2/c1-6(10(3)7(2)11)8-9-4-5-12-8/h4-6H,1-3H3. The molecule has 0 aliphatic carbocycles. The molecule has 1 aromatic rings. The van der Waals surface area contributed by atoms with E-state index in [0.29, 0.717) is 5.89 Å². The summed E-state index contributed by atoms with van der Waals surface area (Å²) >= 11 is 0. The summed E-state index contributed by atoms with van der Waals surface area (Å²) in [5.41, 5.74) is 0. The smallest absolute Gasteiger partial charge is 0.219 e. The molecule has 0 aromatic carbocycles. The number of amides is 1. The molecular weight excluding hydrogens is 156 g/mol. The highest BCUT2D eigenvalue weighted by Crippen LogP contribution is 2.15. The van der Waals surface area contributed by atoms with Gasteiger partial charge in [-0.05, 0) is 6.92 Å². The Balaban J connectivity index is 2.71. The second-order valence-electron chi connectivity index (χ2n) is 2.68. The van der Waals surface area contributed by atoms with Crippen LogP contribution in [0.15, 0.2) is 16.9 Å². The average molecular weight is 168 g/mol. The van der Waals surface area contributed by atoms with E-state index in [1.807, 2.05) is 6.92 Å². The van der Waals surface area contributed by atoms with Gasteiger partial charge in [-0.2, -0.15) is 0 Å². The predicted molar refractivity (Wildman–Crippen MR) is 43.4 cm³/mol. The van der Waals surface area contributed by atoms with Gasteiger partial charge in [-0.3, -0.25) is 4.79 Å². The summed E-state index contributed by atoms with van der Waals surface area (Å²) in [5, 5.41) is 0. The maximum Gasteiger partial charge on any atom is 0.219 e. The average Bonchev–Trinajstić information content (AvgIpc) is 2.53. The van der Waals surface area contributed by atoms with Crippen LogP contribution in [0.4, 0.5) is 0 Å². The maximum absolute atomic E-state index is 10.9. The molecule has 12 heavy (non-hydrogen) atoms. The van der Waals surface area contributed by atoms with Crippen LogP contribution < -0.4 is 0 Å². The third-order valence-electron chi connectivity index (χ3n) is 1.89. The van der Waals surface area contributed by atoms with Crippen molar-refractivity contribution in [2.45, 2.75) is 19.9 Å². The van der Waals surface area contributed by atoms with Gasteiger partial charge in [0.1, 0.15) is 12.3 Å². The first-order chi connectivity index (χ1) is 5.63. The van der Waals surface area contributed by atoms with Gasteiger partial charge in [0, 0.05) is 14.0 Å². The van der Waals surface area contributed by atoms with Gasteiger partial charge in [-0.1, -0.05) is 0 Å². The second kappa shape index (κ2) is 3.38. The van der Waals surface area contributed by atoms with Crippen molar-refractivity contribution in [2.75, 3.05) is 7.05 Å². The minimum atomic E-state index is -0.0995. The van der Waals surface area contributed by atoms with E-state index in [0.717, 1.165) is 0 Å². The number of hydrogen-bond donors (Lipinski definition) is 0. The van der Waals surface area contributed by atoms with E-state index >= 15 is 0 Å². The third-order valence-corrected chi connectivity index (χ3v) is 1.89. The molecule has 0 N–H and O–H groups in total. The normalized spacial score (nSPS) is 12.6. The molecule has 0 saturated carbocycles. The van der Waals surface area contributed by atoms with Crippen LogP contribution in [-0.4, -0.2) is 22.8 Å². The van der Waals surface area contributed by atoms with Crippen molar-refractivity contribution < 1.29 is 9.21 Å². The van der Waals surface area contributed by atoms with Crippen molar-refractivity contribution in [2.24, 2.45) is 0 Å². The summed E-state index contributed by atoms with van der Waals surface area (Å²) in [4.78, 5) is 16.5. The van der Waals surface area contributed by atoms with Gasteiger partial charge < -0.3 is 9.32 Å². The summed E-state index contributed by atoms with van der Waals surface area (Å²) in [6, 6.07) is -0.0995. The second-order valence-corrected chi connectivity index (χ2v) is 2.68.